The van der Waals surface area contributed by atoms with E-state index < -0.39 is 0 Å². The number of hydrogen-bond acceptors (Lipinski definition) is 1. The quantitative estimate of drug-likeness (QED) is 0.473. The van der Waals surface area contributed by atoms with Gasteiger partial charge in [-0.05, 0) is 53.9 Å². The summed E-state index contributed by atoms with van der Waals surface area (Å²) in [6.45, 7) is 15.1. The molecule has 1 nitrogen and oxygen atoms in total. The second-order valence-corrected chi connectivity index (χ2v) is 6.84. The normalized spacial score (nSPS) is 21.4. The minimum Gasteiger partial charge on any atom is -0.288 e. The van der Waals surface area contributed by atoms with E-state index in [1.54, 1.807) is 0 Å². The molecule has 0 aromatic rings. The Balaban J connectivity index is 2.97. The van der Waals surface area contributed by atoms with E-state index in [1.807, 2.05) is 0 Å². The lowest BCUT2D eigenvalue weighted by atomic mass is 9.67. The Hall–Kier alpha value is -0.590. The highest BCUT2D eigenvalue weighted by atomic mass is 14.8. The van der Waals surface area contributed by atoms with Crippen molar-refractivity contribution in [2.45, 2.75) is 78.7 Å². The summed E-state index contributed by atoms with van der Waals surface area (Å²) >= 11 is 0. The summed E-state index contributed by atoms with van der Waals surface area (Å²) in [6, 6.07) is 0. The van der Waals surface area contributed by atoms with Crippen molar-refractivity contribution in [1.29, 1.82) is 0 Å². The van der Waals surface area contributed by atoms with Gasteiger partial charge in [0.15, 0.2) is 0 Å². The summed E-state index contributed by atoms with van der Waals surface area (Å²) < 4.78 is 0. The van der Waals surface area contributed by atoms with E-state index in [0.29, 0.717) is 5.41 Å². The van der Waals surface area contributed by atoms with Crippen molar-refractivity contribution < 1.29 is 0 Å². The third-order valence-electron chi connectivity index (χ3n) is 3.72. The molecule has 1 heteroatoms. The SMILES string of the molecule is C=C(C)CC1(C(C)=NC(C)(C)C)CCCCC1. The standard InChI is InChI=1S/C16H29N/c1-13(2)12-16(10-8-7-9-11-16)14(3)17-15(4,5)6/h1,7-12H2,2-6H3. The van der Waals surface area contributed by atoms with E-state index >= 15 is 0 Å². The van der Waals surface area contributed by atoms with Crippen LogP contribution in [0.1, 0.15) is 73.1 Å². The second kappa shape index (κ2) is 5.37. The molecule has 98 valence electrons. The molecule has 0 bridgehead atoms. The van der Waals surface area contributed by atoms with Crippen LogP contribution >= 0.6 is 0 Å². The van der Waals surface area contributed by atoms with Gasteiger partial charge in [0.25, 0.3) is 0 Å². The highest BCUT2D eigenvalue weighted by Gasteiger charge is 2.35. The van der Waals surface area contributed by atoms with Gasteiger partial charge in [-0.2, -0.15) is 0 Å². The Labute approximate surface area is 107 Å². The third-order valence-corrected chi connectivity index (χ3v) is 3.72. The van der Waals surface area contributed by atoms with Gasteiger partial charge >= 0.3 is 0 Å². The van der Waals surface area contributed by atoms with E-state index in [1.165, 1.54) is 43.4 Å². The Morgan fingerprint density at radius 3 is 2.06 bits per heavy atom. The highest BCUT2D eigenvalue weighted by Crippen LogP contribution is 2.42. The molecule has 0 spiro atoms. The van der Waals surface area contributed by atoms with E-state index in [-0.39, 0.29) is 5.54 Å². The van der Waals surface area contributed by atoms with Crippen molar-refractivity contribution in [3.05, 3.63) is 12.2 Å². The largest absolute Gasteiger partial charge is 0.288 e. The van der Waals surface area contributed by atoms with Crippen LogP contribution in [0.15, 0.2) is 17.1 Å². The Bertz CT molecular complexity index is 298. The van der Waals surface area contributed by atoms with Crippen LogP contribution in [0.3, 0.4) is 0 Å². The van der Waals surface area contributed by atoms with Crippen LogP contribution in [0.5, 0.6) is 0 Å². The lowest BCUT2D eigenvalue weighted by molar-refractivity contribution is 0.278. The highest BCUT2D eigenvalue weighted by molar-refractivity contribution is 5.88. The topological polar surface area (TPSA) is 12.4 Å². The fraction of sp³-hybridized carbons (Fsp3) is 0.812. The van der Waals surface area contributed by atoms with Crippen molar-refractivity contribution in [3.63, 3.8) is 0 Å². The van der Waals surface area contributed by atoms with Gasteiger partial charge in [0.2, 0.25) is 0 Å². The van der Waals surface area contributed by atoms with Gasteiger partial charge < -0.3 is 0 Å². The fourth-order valence-corrected chi connectivity index (χ4v) is 3.09. The lowest BCUT2D eigenvalue weighted by Crippen LogP contribution is -2.34. The minimum absolute atomic E-state index is 0.0452. The average Bonchev–Trinajstić information content (AvgIpc) is 2.15. The van der Waals surface area contributed by atoms with Crippen molar-refractivity contribution in [3.8, 4) is 0 Å². The molecule has 1 rings (SSSR count). The molecule has 17 heavy (non-hydrogen) atoms. The number of allylic oxidation sites excluding steroid dienone is 1. The molecule has 0 radical (unpaired) electrons. The maximum absolute atomic E-state index is 4.93. The van der Waals surface area contributed by atoms with Gasteiger partial charge in [0, 0.05) is 11.1 Å². The molecule has 0 unspecified atom stereocenters. The summed E-state index contributed by atoms with van der Waals surface area (Å²) in [7, 11) is 0. The van der Waals surface area contributed by atoms with Gasteiger partial charge in [-0.25, -0.2) is 0 Å². The van der Waals surface area contributed by atoms with Crippen LogP contribution in [0, 0.1) is 5.41 Å². The fourth-order valence-electron chi connectivity index (χ4n) is 3.09. The Morgan fingerprint density at radius 1 is 1.12 bits per heavy atom. The van der Waals surface area contributed by atoms with Crippen molar-refractivity contribution in [2.24, 2.45) is 10.4 Å². The monoisotopic (exact) mass is 235 g/mol. The van der Waals surface area contributed by atoms with Crippen LogP contribution < -0.4 is 0 Å². The number of aliphatic imine (C=N–C) groups is 1. The van der Waals surface area contributed by atoms with Crippen molar-refractivity contribution >= 4 is 5.71 Å². The molecule has 1 aliphatic rings. The van der Waals surface area contributed by atoms with Crippen LogP contribution in [-0.2, 0) is 0 Å². The smallest absolute Gasteiger partial charge is 0.0523 e. The maximum Gasteiger partial charge on any atom is 0.0523 e. The first-order chi connectivity index (χ1) is 7.75. The summed E-state index contributed by atoms with van der Waals surface area (Å²) in [5.74, 6) is 0. The summed E-state index contributed by atoms with van der Waals surface area (Å²) in [5, 5.41) is 0. The van der Waals surface area contributed by atoms with Gasteiger partial charge in [0.05, 0.1) is 5.54 Å². The van der Waals surface area contributed by atoms with E-state index in [4.69, 9.17) is 4.99 Å². The molecular formula is C16H29N. The summed E-state index contributed by atoms with van der Waals surface area (Å²) in [5.41, 5.74) is 3.02. The van der Waals surface area contributed by atoms with Gasteiger partial charge in [-0.1, -0.05) is 24.8 Å². The molecule has 0 amide bonds. The average molecular weight is 235 g/mol. The molecule has 1 aliphatic carbocycles. The molecule has 0 atom stereocenters. The number of nitrogens with zero attached hydrogens (tertiary/aromatic N) is 1. The van der Waals surface area contributed by atoms with E-state index in [9.17, 15) is 0 Å². The predicted molar refractivity (Wildman–Crippen MR) is 77.8 cm³/mol. The molecule has 1 saturated carbocycles. The molecule has 0 saturated heterocycles. The zero-order chi connectivity index (χ0) is 13.1. The van der Waals surface area contributed by atoms with Crippen LogP contribution in [0.4, 0.5) is 0 Å². The first-order valence-electron chi connectivity index (χ1n) is 6.96. The summed E-state index contributed by atoms with van der Waals surface area (Å²) in [6.07, 6.45) is 7.81. The molecule has 0 heterocycles. The first-order valence-corrected chi connectivity index (χ1v) is 6.96. The van der Waals surface area contributed by atoms with E-state index in [2.05, 4.69) is 41.2 Å². The molecule has 0 aromatic heterocycles. The van der Waals surface area contributed by atoms with Gasteiger partial charge in [-0.3, -0.25) is 4.99 Å². The van der Waals surface area contributed by atoms with Gasteiger partial charge in [0.1, 0.15) is 0 Å². The zero-order valence-corrected chi connectivity index (χ0v) is 12.4. The molecule has 0 aromatic carbocycles. The van der Waals surface area contributed by atoms with E-state index in [0.717, 1.165) is 6.42 Å². The lowest BCUT2D eigenvalue weighted by Gasteiger charge is -2.39. The van der Waals surface area contributed by atoms with Crippen molar-refractivity contribution in [1.82, 2.24) is 0 Å². The minimum atomic E-state index is 0.0452. The predicted octanol–water partition coefficient (Wildman–Crippen LogP) is 5.16. The van der Waals surface area contributed by atoms with Crippen molar-refractivity contribution in [2.75, 3.05) is 0 Å². The van der Waals surface area contributed by atoms with Crippen LogP contribution in [-0.4, -0.2) is 11.3 Å². The Morgan fingerprint density at radius 2 is 1.65 bits per heavy atom. The van der Waals surface area contributed by atoms with Crippen LogP contribution in [0.2, 0.25) is 0 Å². The second-order valence-electron chi connectivity index (χ2n) is 6.84. The Kier molecular flexibility index (Phi) is 4.57. The molecule has 0 aliphatic heterocycles. The third kappa shape index (κ3) is 4.29. The zero-order valence-electron chi connectivity index (χ0n) is 12.4. The van der Waals surface area contributed by atoms with Crippen LogP contribution in [0.25, 0.3) is 0 Å². The first kappa shape index (κ1) is 14.5. The maximum atomic E-state index is 4.93. The molecule has 1 fully saturated rings. The number of rotatable bonds is 3. The molecule has 0 N–H and O–H groups in total. The molecular weight excluding hydrogens is 206 g/mol. The van der Waals surface area contributed by atoms with Gasteiger partial charge in [-0.15, -0.1) is 6.58 Å². The number of hydrogen-bond donors (Lipinski definition) is 0. The summed E-state index contributed by atoms with van der Waals surface area (Å²) in [4.78, 5) is 4.93.